The molecule has 0 fully saturated rings. The Balaban J connectivity index is 2.27. The molecule has 0 spiro atoms. The molecule has 0 bridgehead atoms. The van der Waals surface area contributed by atoms with Gasteiger partial charge in [-0.15, -0.1) is 0 Å². The smallest absolute Gasteiger partial charge is 0.0406 e. The van der Waals surface area contributed by atoms with Crippen molar-refractivity contribution in [2.24, 2.45) is 0 Å². The lowest BCUT2D eigenvalue weighted by molar-refractivity contribution is 1.65. The van der Waals surface area contributed by atoms with Gasteiger partial charge in [-0.1, -0.05) is 66.2 Å². The molecule has 0 N–H and O–H groups in total. The summed E-state index contributed by atoms with van der Waals surface area (Å²) in [4.78, 5) is 0. The summed E-state index contributed by atoms with van der Waals surface area (Å²) >= 11 is 5.92. The summed E-state index contributed by atoms with van der Waals surface area (Å²) < 4.78 is 0. The van der Waals surface area contributed by atoms with E-state index in [1.54, 1.807) is 0 Å². The third-order valence-corrected chi connectivity index (χ3v) is 3.20. The van der Waals surface area contributed by atoms with Crippen LogP contribution >= 0.6 is 11.6 Å². The maximum atomic E-state index is 5.92. The lowest BCUT2D eigenvalue weighted by Crippen LogP contribution is -1.80. The number of hydrogen-bond acceptors (Lipinski definition) is 0. The monoisotopic (exact) mass is 238 g/mol. The van der Waals surface area contributed by atoms with Gasteiger partial charge in [-0.2, -0.15) is 0 Å². The SMILES string of the molecule is Clc1ccc(-c2cccc3ccccc23)cc1. The van der Waals surface area contributed by atoms with Gasteiger partial charge in [0.15, 0.2) is 0 Å². The van der Waals surface area contributed by atoms with Gasteiger partial charge < -0.3 is 0 Å². The second-order valence-corrected chi connectivity index (χ2v) is 4.47. The number of rotatable bonds is 1. The van der Waals surface area contributed by atoms with E-state index in [2.05, 4.69) is 54.6 Å². The van der Waals surface area contributed by atoms with Crippen LogP contribution in [-0.4, -0.2) is 0 Å². The van der Waals surface area contributed by atoms with Crippen molar-refractivity contribution in [3.05, 3.63) is 71.8 Å². The summed E-state index contributed by atoms with van der Waals surface area (Å²) in [5.74, 6) is 0. The summed E-state index contributed by atoms with van der Waals surface area (Å²) in [5, 5.41) is 3.31. The lowest BCUT2D eigenvalue weighted by atomic mass is 9.98. The molecule has 0 aliphatic rings. The van der Waals surface area contributed by atoms with Crippen molar-refractivity contribution < 1.29 is 0 Å². The highest BCUT2D eigenvalue weighted by atomic mass is 35.5. The lowest BCUT2D eigenvalue weighted by Gasteiger charge is -2.06. The first-order valence-corrected chi connectivity index (χ1v) is 5.96. The highest BCUT2D eigenvalue weighted by Crippen LogP contribution is 2.29. The molecular weight excluding hydrogens is 228 g/mol. The maximum absolute atomic E-state index is 5.92. The Morgan fingerprint density at radius 2 is 1.35 bits per heavy atom. The standard InChI is InChI=1S/C16H11Cl/c17-14-10-8-13(9-11-14)16-7-3-5-12-4-1-2-6-15(12)16/h1-11H. The number of benzene rings is 3. The zero-order valence-corrected chi connectivity index (χ0v) is 9.98. The Bertz CT molecular complexity index is 648. The Morgan fingerprint density at radius 1 is 0.647 bits per heavy atom. The zero-order chi connectivity index (χ0) is 11.7. The minimum atomic E-state index is 0.772. The Labute approximate surface area is 105 Å². The summed E-state index contributed by atoms with van der Waals surface area (Å²) in [6.07, 6.45) is 0. The molecule has 0 aromatic heterocycles. The number of hydrogen-bond donors (Lipinski definition) is 0. The molecule has 0 aliphatic carbocycles. The van der Waals surface area contributed by atoms with Gasteiger partial charge in [-0.3, -0.25) is 0 Å². The molecule has 0 amide bonds. The van der Waals surface area contributed by atoms with Gasteiger partial charge >= 0.3 is 0 Å². The third kappa shape index (κ3) is 1.92. The van der Waals surface area contributed by atoms with E-state index in [1.165, 1.54) is 21.9 Å². The second kappa shape index (κ2) is 4.23. The van der Waals surface area contributed by atoms with Crippen LogP contribution in [0.2, 0.25) is 5.02 Å². The van der Waals surface area contributed by atoms with Crippen LogP contribution in [0.4, 0.5) is 0 Å². The van der Waals surface area contributed by atoms with Crippen LogP contribution in [0.15, 0.2) is 66.7 Å². The van der Waals surface area contributed by atoms with Crippen molar-refractivity contribution in [1.82, 2.24) is 0 Å². The molecule has 82 valence electrons. The van der Waals surface area contributed by atoms with Gasteiger partial charge in [-0.25, -0.2) is 0 Å². The van der Waals surface area contributed by atoms with Crippen LogP contribution in [0.25, 0.3) is 21.9 Å². The summed E-state index contributed by atoms with van der Waals surface area (Å²) in [5.41, 5.74) is 2.45. The van der Waals surface area contributed by atoms with Crippen LogP contribution in [0, 0.1) is 0 Å². The van der Waals surface area contributed by atoms with Crippen LogP contribution < -0.4 is 0 Å². The van der Waals surface area contributed by atoms with E-state index in [-0.39, 0.29) is 0 Å². The maximum Gasteiger partial charge on any atom is 0.0406 e. The van der Waals surface area contributed by atoms with Gasteiger partial charge in [0.1, 0.15) is 0 Å². The van der Waals surface area contributed by atoms with Gasteiger partial charge in [0.05, 0.1) is 0 Å². The molecule has 1 heteroatoms. The van der Waals surface area contributed by atoms with Crippen molar-refractivity contribution in [2.75, 3.05) is 0 Å². The highest BCUT2D eigenvalue weighted by Gasteiger charge is 2.02. The normalized spacial score (nSPS) is 10.6. The van der Waals surface area contributed by atoms with E-state index in [9.17, 15) is 0 Å². The van der Waals surface area contributed by atoms with Gasteiger partial charge in [-0.05, 0) is 34.0 Å². The Morgan fingerprint density at radius 3 is 2.18 bits per heavy atom. The van der Waals surface area contributed by atoms with E-state index >= 15 is 0 Å². The minimum absolute atomic E-state index is 0.772. The molecule has 17 heavy (non-hydrogen) atoms. The van der Waals surface area contributed by atoms with Crippen molar-refractivity contribution in [3.8, 4) is 11.1 Å². The number of fused-ring (bicyclic) bond motifs is 1. The molecule has 0 unspecified atom stereocenters. The fourth-order valence-corrected chi connectivity index (χ4v) is 2.23. The van der Waals surface area contributed by atoms with Gasteiger partial charge in [0.25, 0.3) is 0 Å². The van der Waals surface area contributed by atoms with Crippen molar-refractivity contribution in [2.45, 2.75) is 0 Å². The van der Waals surface area contributed by atoms with Crippen LogP contribution in [0.3, 0.4) is 0 Å². The Kier molecular flexibility index (Phi) is 2.58. The predicted octanol–water partition coefficient (Wildman–Crippen LogP) is 5.16. The van der Waals surface area contributed by atoms with E-state index in [1.807, 2.05) is 12.1 Å². The molecule has 0 saturated carbocycles. The molecule has 0 heterocycles. The molecule has 3 aromatic rings. The second-order valence-electron chi connectivity index (χ2n) is 4.03. The predicted molar refractivity (Wildman–Crippen MR) is 74.4 cm³/mol. The topological polar surface area (TPSA) is 0 Å². The minimum Gasteiger partial charge on any atom is -0.0843 e. The van der Waals surface area contributed by atoms with E-state index in [0.717, 1.165) is 5.02 Å². The van der Waals surface area contributed by atoms with Gasteiger partial charge in [0.2, 0.25) is 0 Å². The molecule has 3 aromatic carbocycles. The largest absolute Gasteiger partial charge is 0.0843 e. The summed E-state index contributed by atoms with van der Waals surface area (Å²) in [6.45, 7) is 0. The average molecular weight is 239 g/mol. The van der Waals surface area contributed by atoms with Crippen molar-refractivity contribution >= 4 is 22.4 Å². The highest BCUT2D eigenvalue weighted by molar-refractivity contribution is 6.30. The molecule has 0 saturated heterocycles. The fourth-order valence-electron chi connectivity index (χ4n) is 2.11. The van der Waals surface area contributed by atoms with Crippen LogP contribution in [0.5, 0.6) is 0 Å². The van der Waals surface area contributed by atoms with E-state index < -0.39 is 0 Å². The first-order valence-electron chi connectivity index (χ1n) is 5.58. The first kappa shape index (κ1) is 10.4. The quantitative estimate of drug-likeness (QED) is 0.549. The molecule has 3 rings (SSSR count). The summed E-state index contributed by atoms with van der Waals surface area (Å²) in [6, 6.07) is 22.8. The number of halogens is 1. The molecule has 0 radical (unpaired) electrons. The van der Waals surface area contributed by atoms with E-state index in [4.69, 9.17) is 11.6 Å². The first-order chi connectivity index (χ1) is 8.34. The third-order valence-electron chi connectivity index (χ3n) is 2.94. The Hall–Kier alpha value is -1.79. The van der Waals surface area contributed by atoms with Crippen molar-refractivity contribution in [3.63, 3.8) is 0 Å². The summed E-state index contributed by atoms with van der Waals surface area (Å²) in [7, 11) is 0. The van der Waals surface area contributed by atoms with Crippen molar-refractivity contribution in [1.29, 1.82) is 0 Å². The molecule has 0 nitrogen and oxygen atoms in total. The molecule has 0 atom stereocenters. The fraction of sp³-hybridized carbons (Fsp3) is 0. The van der Waals surface area contributed by atoms with Crippen LogP contribution in [0.1, 0.15) is 0 Å². The average Bonchev–Trinajstić information content (AvgIpc) is 2.39. The molecule has 0 aliphatic heterocycles. The van der Waals surface area contributed by atoms with Gasteiger partial charge in [0, 0.05) is 5.02 Å². The molecular formula is C16H11Cl. The zero-order valence-electron chi connectivity index (χ0n) is 9.23. The van der Waals surface area contributed by atoms with Crippen LogP contribution in [-0.2, 0) is 0 Å². The van der Waals surface area contributed by atoms with E-state index in [0.29, 0.717) is 0 Å².